The molecule has 0 saturated carbocycles. The predicted octanol–water partition coefficient (Wildman–Crippen LogP) is 4.45. The Hall–Kier alpha value is -4.49. The average Bonchev–Trinajstić information content (AvgIpc) is 2.99. The van der Waals surface area contributed by atoms with Crippen LogP contribution in [0.2, 0.25) is 0 Å². The van der Waals surface area contributed by atoms with Crippen LogP contribution in [0.15, 0.2) is 80.6 Å². The van der Waals surface area contributed by atoms with Crippen molar-refractivity contribution in [2.45, 2.75) is 49.8 Å². The molecule has 0 aliphatic carbocycles. The summed E-state index contributed by atoms with van der Waals surface area (Å²) in [5, 5.41) is 6.34. The van der Waals surface area contributed by atoms with Crippen molar-refractivity contribution >= 4 is 52.5 Å². The van der Waals surface area contributed by atoms with Gasteiger partial charge in [-0.2, -0.15) is 0 Å². The van der Waals surface area contributed by atoms with Crippen molar-refractivity contribution in [3.05, 3.63) is 104 Å². The number of thioether (sulfide) groups is 2. The third-order valence-corrected chi connectivity index (χ3v) is 7.85. The first kappa shape index (κ1) is 32.4. The standard InChI is InChI=1S/C31H32N6O5S2/c1-3-5-23-15-25(38)36-30(34-23)43-17-27(40)32-21-11-7-19(8-12-21)29(42)20-9-13-22(14-10-20)33-28(41)18-44-31-35-24(6-4-2)16-26(39)37-31/h7-16H,3-6,17-18H2,1-2H3,(H,32,40)(H,33,41)(H,34,36,38)(H,35,37,39). The van der Waals surface area contributed by atoms with Gasteiger partial charge in [0.2, 0.25) is 11.8 Å². The van der Waals surface area contributed by atoms with E-state index in [9.17, 15) is 24.0 Å². The zero-order chi connectivity index (χ0) is 31.5. The number of aromatic nitrogens is 4. The number of aryl methyl sites for hydroxylation is 2. The van der Waals surface area contributed by atoms with Crippen molar-refractivity contribution < 1.29 is 14.4 Å². The van der Waals surface area contributed by atoms with Crippen LogP contribution in [-0.2, 0) is 22.4 Å². The van der Waals surface area contributed by atoms with Gasteiger partial charge in [0, 0.05) is 46.0 Å². The topological polar surface area (TPSA) is 167 Å². The summed E-state index contributed by atoms with van der Waals surface area (Å²) < 4.78 is 0. The fourth-order valence-electron chi connectivity index (χ4n) is 4.11. The zero-order valence-corrected chi connectivity index (χ0v) is 25.9. The molecule has 44 heavy (non-hydrogen) atoms. The molecule has 228 valence electrons. The van der Waals surface area contributed by atoms with E-state index in [0.717, 1.165) is 36.4 Å². The SMILES string of the molecule is CCCc1cc(=O)[nH]c(SCC(=O)Nc2ccc(C(=O)c3ccc(NC(=O)CSc4nc(CCC)cc(=O)[nH]4)cc3)cc2)n1. The quantitative estimate of drug-likeness (QED) is 0.0892. The largest absolute Gasteiger partial charge is 0.325 e. The molecule has 0 spiro atoms. The minimum atomic E-state index is -0.275. The van der Waals surface area contributed by atoms with Crippen molar-refractivity contribution in [3.63, 3.8) is 0 Å². The van der Waals surface area contributed by atoms with Gasteiger partial charge in [0.05, 0.1) is 11.5 Å². The van der Waals surface area contributed by atoms with E-state index < -0.39 is 0 Å². The van der Waals surface area contributed by atoms with Crippen LogP contribution in [0.1, 0.15) is 54.0 Å². The molecule has 2 heterocycles. The van der Waals surface area contributed by atoms with Gasteiger partial charge >= 0.3 is 0 Å². The Bertz CT molecular complexity index is 1610. The van der Waals surface area contributed by atoms with Crippen LogP contribution in [0.5, 0.6) is 0 Å². The van der Waals surface area contributed by atoms with Gasteiger partial charge in [-0.05, 0) is 61.4 Å². The molecule has 4 N–H and O–H groups in total. The highest BCUT2D eigenvalue weighted by atomic mass is 32.2. The van der Waals surface area contributed by atoms with Crippen LogP contribution < -0.4 is 21.8 Å². The number of nitrogens with zero attached hydrogens (tertiary/aromatic N) is 2. The first-order chi connectivity index (χ1) is 21.2. The van der Waals surface area contributed by atoms with E-state index in [1.807, 2.05) is 13.8 Å². The fourth-order valence-corrected chi connectivity index (χ4v) is 5.50. The van der Waals surface area contributed by atoms with Crippen LogP contribution in [-0.4, -0.2) is 49.0 Å². The van der Waals surface area contributed by atoms with Gasteiger partial charge in [-0.3, -0.25) is 24.0 Å². The lowest BCUT2D eigenvalue weighted by molar-refractivity contribution is -0.114. The number of H-pyrrole nitrogens is 2. The molecule has 0 aliphatic heterocycles. The van der Waals surface area contributed by atoms with Gasteiger partial charge < -0.3 is 20.6 Å². The van der Waals surface area contributed by atoms with E-state index in [2.05, 4.69) is 30.6 Å². The number of carbonyl (C=O) groups excluding carboxylic acids is 3. The van der Waals surface area contributed by atoms with Gasteiger partial charge in [-0.1, -0.05) is 50.2 Å². The highest BCUT2D eigenvalue weighted by molar-refractivity contribution is 8.00. The van der Waals surface area contributed by atoms with Crippen molar-refractivity contribution in [3.8, 4) is 0 Å². The monoisotopic (exact) mass is 632 g/mol. The van der Waals surface area contributed by atoms with Gasteiger partial charge in [-0.25, -0.2) is 9.97 Å². The normalized spacial score (nSPS) is 10.8. The third kappa shape index (κ3) is 9.78. The van der Waals surface area contributed by atoms with Crippen LogP contribution in [0.4, 0.5) is 11.4 Å². The number of anilines is 2. The molecule has 0 fully saturated rings. The number of nitrogens with one attached hydrogen (secondary N) is 4. The van der Waals surface area contributed by atoms with Crippen molar-refractivity contribution in [2.75, 3.05) is 22.1 Å². The lowest BCUT2D eigenvalue weighted by Crippen LogP contribution is -2.16. The highest BCUT2D eigenvalue weighted by Crippen LogP contribution is 2.18. The van der Waals surface area contributed by atoms with E-state index in [-0.39, 0.29) is 40.2 Å². The van der Waals surface area contributed by atoms with E-state index in [1.165, 1.54) is 12.1 Å². The summed E-state index contributed by atoms with van der Waals surface area (Å²) in [6.07, 6.45) is 3.10. The van der Waals surface area contributed by atoms with Crippen LogP contribution in [0.3, 0.4) is 0 Å². The van der Waals surface area contributed by atoms with Gasteiger partial charge in [-0.15, -0.1) is 0 Å². The number of aromatic amines is 2. The van der Waals surface area contributed by atoms with Crippen LogP contribution >= 0.6 is 23.5 Å². The second-order valence-corrected chi connectivity index (χ2v) is 11.7. The average molecular weight is 633 g/mol. The Balaban J connectivity index is 1.26. The Morgan fingerprint density at radius 1 is 0.659 bits per heavy atom. The molecule has 0 aliphatic rings. The van der Waals surface area contributed by atoms with Gasteiger partial charge in [0.25, 0.3) is 11.1 Å². The molecule has 11 nitrogen and oxygen atoms in total. The van der Waals surface area contributed by atoms with Gasteiger partial charge in [0.15, 0.2) is 16.1 Å². The molecule has 0 unspecified atom stereocenters. The van der Waals surface area contributed by atoms with Crippen LogP contribution in [0, 0.1) is 0 Å². The van der Waals surface area contributed by atoms with Crippen molar-refractivity contribution in [2.24, 2.45) is 0 Å². The maximum absolute atomic E-state index is 13.0. The number of amides is 2. The summed E-state index contributed by atoms with van der Waals surface area (Å²) in [6.45, 7) is 4.00. The second-order valence-electron chi connectivity index (χ2n) is 9.74. The minimum absolute atomic E-state index is 0.0589. The van der Waals surface area contributed by atoms with Crippen molar-refractivity contribution in [1.29, 1.82) is 0 Å². The van der Waals surface area contributed by atoms with E-state index in [4.69, 9.17) is 0 Å². The molecule has 0 radical (unpaired) electrons. The molecule has 4 rings (SSSR count). The second kappa shape index (κ2) is 15.8. The number of carbonyl (C=O) groups is 3. The fraction of sp³-hybridized carbons (Fsp3) is 0.258. The van der Waals surface area contributed by atoms with E-state index >= 15 is 0 Å². The van der Waals surface area contributed by atoms with E-state index in [0.29, 0.717) is 57.0 Å². The van der Waals surface area contributed by atoms with Crippen molar-refractivity contribution in [1.82, 2.24) is 19.9 Å². The number of benzene rings is 2. The highest BCUT2D eigenvalue weighted by Gasteiger charge is 2.12. The molecular formula is C31H32N6O5S2. The third-order valence-electron chi connectivity index (χ3n) is 6.10. The molecule has 0 atom stereocenters. The number of hydrogen-bond donors (Lipinski definition) is 4. The maximum atomic E-state index is 13.0. The first-order valence-corrected chi connectivity index (χ1v) is 16.0. The van der Waals surface area contributed by atoms with E-state index in [1.54, 1.807) is 48.5 Å². The molecule has 2 aromatic carbocycles. The zero-order valence-electron chi connectivity index (χ0n) is 24.3. The Morgan fingerprint density at radius 2 is 1.05 bits per heavy atom. The molecule has 4 aromatic rings. The summed E-state index contributed by atoms with van der Waals surface area (Å²) >= 11 is 2.28. The number of rotatable bonds is 14. The molecule has 0 bridgehead atoms. The summed E-state index contributed by atoms with van der Waals surface area (Å²) in [5.41, 5.74) is 2.81. The lowest BCUT2D eigenvalue weighted by atomic mass is 10.0. The summed E-state index contributed by atoms with van der Waals surface area (Å²) in [6, 6.07) is 16.0. The lowest BCUT2D eigenvalue weighted by Gasteiger charge is -2.08. The molecule has 13 heteroatoms. The first-order valence-electron chi connectivity index (χ1n) is 14.0. The number of ketones is 1. The van der Waals surface area contributed by atoms with Gasteiger partial charge in [0.1, 0.15) is 0 Å². The smallest absolute Gasteiger partial charge is 0.251 e. The van der Waals surface area contributed by atoms with Crippen LogP contribution in [0.25, 0.3) is 0 Å². The molecule has 2 aromatic heterocycles. The maximum Gasteiger partial charge on any atom is 0.251 e. The minimum Gasteiger partial charge on any atom is -0.325 e. The summed E-state index contributed by atoms with van der Waals surface area (Å²) in [5.74, 6) is -0.644. The molecule has 0 saturated heterocycles. The summed E-state index contributed by atoms with van der Waals surface area (Å²) in [7, 11) is 0. The summed E-state index contributed by atoms with van der Waals surface area (Å²) in [4.78, 5) is 75.5. The molecule has 2 amide bonds. The Morgan fingerprint density at radius 3 is 1.41 bits per heavy atom. The Kier molecular flexibility index (Phi) is 11.7. The predicted molar refractivity (Wildman–Crippen MR) is 173 cm³/mol. The number of hydrogen-bond acceptors (Lipinski definition) is 9. The Labute approximate surface area is 262 Å². The molecular weight excluding hydrogens is 601 g/mol.